The number of hydrogen-bond acceptors (Lipinski definition) is 5. The molecular weight excluding hydrogens is 521 g/mol. The van der Waals surface area contributed by atoms with E-state index in [9.17, 15) is 4.79 Å². The van der Waals surface area contributed by atoms with E-state index in [0.717, 1.165) is 16.7 Å². The summed E-state index contributed by atoms with van der Waals surface area (Å²) < 4.78 is 12.2. The van der Waals surface area contributed by atoms with Crippen LogP contribution in [0.1, 0.15) is 16.7 Å². The van der Waals surface area contributed by atoms with Crippen LogP contribution < -0.4 is 14.4 Å². The number of carbonyl (C=O) groups excluding carboxylic acids is 1. The molecular formula is C27H21Cl2NO3S2. The Morgan fingerprint density at radius 3 is 2.54 bits per heavy atom. The maximum Gasteiger partial charge on any atom is 0.270 e. The lowest BCUT2D eigenvalue weighted by Gasteiger charge is -2.16. The average molecular weight is 543 g/mol. The van der Waals surface area contributed by atoms with Crippen molar-refractivity contribution in [2.24, 2.45) is 0 Å². The summed E-state index contributed by atoms with van der Waals surface area (Å²) in [5.41, 5.74) is 3.31. The van der Waals surface area contributed by atoms with E-state index in [1.807, 2.05) is 42.5 Å². The van der Waals surface area contributed by atoms with E-state index in [2.05, 4.69) is 6.58 Å². The highest BCUT2D eigenvalue weighted by atomic mass is 35.5. The summed E-state index contributed by atoms with van der Waals surface area (Å²) >= 11 is 18.8. The first-order valence-corrected chi connectivity index (χ1v) is 12.6. The molecule has 1 aliphatic heterocycles. The predicted octanol–water partition coefficient (Wildman–Crippen LogP) is 7.72. The van der Waals surface area contributed by atoms with E-state index in [4.69, 9.17) is 44.9 Å². The number of anilines is 1. The molecule has 3 aromatic rings. The lowest BCUT2D eigenvalue weighted by atomic mass is 10.0. The van der Waals surface area contributed by atoms with Crippen LogP contribution in [0.4, 0.5) is 5.69 Å². The van der Waals surface area contributed by atoms with Crippen LogP contribution in [-0.4, -0.2) is 17.3 Å². The Morgan fingerprint density at radius 1 is 1.09 bits per heavy atom. The third kappa shape index (κ3) is 5.90. The van der Waals surface area contributed by atoms with Crippen LogP contribution in [0.15, 0.2) is 78.2 Å². The van der Waals surface area contributed by atoms with Crippen LogP contribution in [0.5, 0.6) is 11.5 Å². The van der Waals surface area contributed by atoms with Gasteiger partial charge < -0.3 is 9.47 Å². The zero-order chi connectivity index (χ0) is 24.9. The number of ether oxygens (including phenoxy) is 2. The van der Waals surface area contributed by atoms with Crippen LogP contribution in [0.25, 0.3) is 6.08 Å². The highest BCUT2D eigenvalue weighted by Gasteiger charge is 2.33. The second kappa shape index (κ2) is 11.3. The average Bonchev–Trinajstić information content (AvgIpc) is 3.11. The second-order valence-corrected chi connectivity index (χ2v) is 10.2. The third-order valence-electron chi connectivity index (χ3n) is 5.19. The Labute approximate surface area is 224 Å². The first-order valence-electron chi connectivity index (χ1n) is 10.6. The van der Waals surface area contributed by atoms with E-state index in [0.29, 0.717) is 49.5 Å². The molecule has 1 saturated heterocycles. The van der Waals surface area contributed by atoms with Gasteiger partial charge in [-0.3, -0.25) is 9.69 Å². The maximum absolute atomic E-state index is 13.2. The standard InChI is InChI=1S/C27H21Cl2NO3S2/c1-3-5-19-12-18(13-23(32-2)25(19)33-16-17-8-10-20(28)11-9-17)14-24-26(31)30(27(34)35-24)22-7-4-6-21(29)15-22/h3-4,6-15H,1,5,16H2,2H3/b24-14+. The molecule has 1 heterocycles. The fourth-order valence-corrected chi connectivity index (χ4v) is 5.19. The first-order chi connectivity index (χ1) is 16.9. The number of thiocarbonyl (C=S) groups is 1. The van der Waals surface area contributed by atoms with Gasteiger partial charge in [0.05, 0.1) is 17.7 Å². The number of methoxy groups -OCH3 is 1. The van der Waals surface area contributed by atoms with Crippen molar-refractivity contribution in [2.45, 2.75) is 13.0 Å². The molecule has 0 unspecified atom stereocenters. The number of thioether (sulfide) groups is 1. The highest BCUT2D eigenvalue weighted by molar-refractivity contribution is 8.27. The van der Waals surface area contributed by atoms with Crippen molar-refractivity contribution in [3.8, 4) is 11.5 Å². The molecule has 3 aromatic carbocycles. The van der Waals surface area contributed by atoms with Gasteiger partial charge in [0, 0.05) is 15.6 Å². The van der Waals surface area contributed by atoms with E-state index >= 15 is 0 Å². The molecule has 35 heavy (non-hydrogen) atoms. The maximum atomic E-state index is 13.2. The molecule has 4 nitrogen and oxygen atoms in total. The Balaban J connectivity index is 1.64. The third-order valence-corrected chi connectivity index (χ3v) is 6.98. The molecule has 0 saturated carbocycles. The molecule has 0 bridgehead atoms. The van der Waals surface area contributed by atoms with Gasteiger partial charge in [0.1, 0.15) is 6.61 Å². The number of halogens is 2. The summed E-state index contributed by atoms with van der Waals surface area (Å²) in [5, 5.41) is 1.21. The minimum atomic E-state index is -0.199. The summed E-state index contributed by atoms with van der Waals surface area (Å²) in [5.74, 6) is 0.996. The number of nitrogens with zero attached hydrogens (tertiary/aromatic N) is 1. The largest absolute Gasteiger partial charge is 0.493 e. The molecule has 0 radical (unpaired) electrons. The van der Waals surface area contributed by atoms with Gasteiger partial charge in [0.2, 0.25) is 0 Å². The van der Waals surface area contributed by atoms with Crippen molar-refractivity contribution in [1.29, 1.82) is 0 Å². The molecule has 0 aliphatic carbocycles. The molecule has 0 spiro atoms. The van der Waals surface area contributed by atoms with Gasteiger partial charge in [-0.1, -0.05) is 71.5 Å². The van der Waals surface area contributed by atoms with Crippen molar-refractivity contribution < 1.29 is 14.3 Å². The van der Waals surface area contributed by atoms with Crippen molar-refractivity contribution in [3.63, 3.8) is 0 Å². The molecule has 0 aromatic heterocycles. The minimum absolute atomic E-state index is 0.199. The summed E-state index contributed by atoms with van der Waals surface area (Å²) in [6.07, 6.45) is 4.17. The number of allylic oxidation sites excluding steroid dienone is 1. The Morgan fingerprint density at radius 2 is 1.86 bits per heavy atom. The van der Waals surface area contributed by atoms with Gasteiger partial charge >= 0.3 is 0 Å². The number of carbonyl (C=O) groups is 1. The highest BCUT2D eigenvalue weighted by Crippen LogP contribution is 2.39. The molecule has 178 valence electrons. The van der Waals surface area contributed by atoms with Crippen LogP contribution >= 0.6 is 47.2 Å². The topological polar surface area (TPSA) is 38.8 Å². The minimum Gasteiger partial charge on any atom is -0.493 e. The van der Waals surface area contributed by atoms with E-state index in [1.54, 1.807) is 37.5 Å². The SMILES string of the molecule is C=CCc1cc(/C=C2/SC(=S)N(c3cccc(Cl)c3)C2=O)cc(OC)c1OCc1ccc(Cl)cc1. The molecule has 1 aliphatic rings. The summed E-state index contributed by atoms with van der Waals surface area (Å²) in [4.78, 5) is 15.2. The van der Waals surface area contributed by atoms with Gasteiger partial charge in [-0.2, -0.15) is 0 Å². The van der Waals surface area contributed by atoms with Crippen molar-refractivity contribution in [1.82, 2.24) is 0 Å². The first kappa shape index (κ1) is 25.3. The Bertz CT molecular complexity index is 1320. The van der Waals surface area contributed by atoms with Crippen LogP contribution in [0, 0.1) is 0 Å². The smallest absolute Gasteiger partial charge is 0.270 e. The lowest BCUT2D eigenvalue weighted by molar-refractivity contribution is -0.113. The summed E-state index contributed by atoms with van der Waals surface area (Å²) in [7, 11) is 1.59. The molecule has 4 rings (SSSR count). The normalized spacial score (nSPS) is 14.5. The fraction of sp³-hybridized carbons (Fsp3) is 0.111. The van der Waals surface area contributed by atoms with Gasteiger partial charge in [-0.25, -0.2) is 0 Å². The zero-order valence-corrected chi connectivity index (χ0v) is 21.9. The molecule has 0 atom stereocenters. The monoisotopic (exact) mass is 541 g/mol. The van der Waals surface area contributed by atoms with Crippen molar-refractivity contribution >= 4 is 69.2 Å². The fourth-order valence-electron chi connectivity index (χ4n) is 3.58. The van der Waals surface area contributed by atoms with Gasteiger partial charge in [0.15, 0.2) is 15.8 Å². The lowest BCUT2D eigenvalue weighted by Crippen LogP contribution is -2.27. The Hall–Kier alpha value is -2.77. The molecule has 1 fully saturated rings. The molecule has 8 heteroatoms. The predicted molar refractivity (Wildman–Crippen MR) is 150 cm³/mol. The number of benzene rings is 3. The molecule has 0 N–H and O–H groups in total. The Kier molecular flexibility index (Phi) is 8.19. The quantitative estimate of drug-likeness (QED) is 0.166. The van der Waals surface area contributed by atoms with Crippen molar-refractivity contribution in [2.75, 3.05) is 12.0 Å². The van der Waals surface area contributed by atoms with Gasteiger partial charge in [-0.15, -0.1) is 6.58 Å². The van der Waals surface area contributed by atoms with E-state index in [-0.39, 0.29) is 5.91 Å². The zero-order valence-electron chi connectivity index (χ0n) is 18.8. The van der Waals surface area contributed by atoms with Crippen LogP contribution in [0.3, 0.4) is 0 Å². The van der Waals surface area contributed by atoms with E-state index < -0.39 is 0 Å². The van der Waals surface area contributed by atoms with Crippen LogP contribution in [-0.2, 0) is 17.8 Å². The van der Waals surface area contributed by atoms with E-state index in [1.165, 1.54) is 16.7 Å². The molecule has 1 amide bonds. The van der Waals surface area contributed by atoms with Crippen LogP contribution in [0.2, 0.25) is 10.0 Å². The van der Waals surface area contributed by atoms with Crippen molar-refractivity contribution in [3.05, 3.63) is 105 Å². The number of rotatable bonds is 8. The second-order valence-electron chi connectivity index (χ2n) is 7.62. The summed E-state index contributed by atoms with van der Waals surface area (Å²) in [6.45, 7) is 4.22. The van der Waals surface area contributed by atoms with Gasteiger partial charge in [0.25, 0.3) is 5.91 Å². The van der Waals surface area contributed by atoms with Gasteiger partial charge in [-0.05, 0) is 66.1 Å². The number of amides is 1. The summed E-state index contributed by atoms with van der Waals surface area (Å²) in [6, 6.07) is 18.3. The number of hydrogen-bond donors (Lipinski definition) is 0.